The molecule has 2 aliphatic heterocycles. The van der Waals surface area contributed by atoms with Gasteiger partial charge >= 0.3 is 0 Å². The number of methoxy groups -OCH3 is 1. The number of carbonyl (C=O) groups is 3. The number of nitrogens with zero attached hydrogens (tertiary/aromatic N) is 4. The van der Waals surface area contributed by atoms with Gasteiger partial charge < -0.3 is 25.0 Å². The summed E-state index contributed by atoms with van der Waals surface area (Å²) in [5.41, 5.74) is 3.70. The van der Waals surface area contributed by atoms with Crippen LogP contribution in [0.15, 0.2) is 108 Å². The molecule has 2 N–H and O–H groups in total. The second-order valence-electron chi connectivity index (χ2n) is 11.9. The molecular weight excluding hydrogens is 606 g/mol. The van der Waals surface area contributed by atoms with E-state index in [1.165, 1.54) is 6.08 Å². The van der Waals surface area contributed by atoms with Crippen LogP contribution in [0.1, 0.15) is 31.4 Å². The number of fused-ring (bicyclic) bond motifs is 2. The van der Waals surface area contributed by atoms with Crippen LogP contribution in [0.2, 0.25) is 0 Å². The van der Waals surface area contributed by atoms with Crippen LogP contribution in [0.5, 0.6) is 11.5 Å². The maximum Gasteiger partial charge on any atom is 0.245 e. The number of allylic oxidation sites excluding steroid dienone is 7. The van der Waals surface area contributed by atoms with Gasteiger partial charge in [0.15, 0.2) is 0 Å². The van der Waals surface area contributed by atoms with E-state index in [1.807, 2.05) is 66.5 Å². The molecule has 1 fully saturated rings. The smallest absolute Gasteiger partial charge is 0.245 e. The molecule has 1 saturated heterocycles. The Morgan fingerprint density at radius 2 is 1.75 bits per heavy atom. The van der Waals surface area contributed by atoms with E-state index in [0.29, 0.717) is 13.1 Å². The maximum absolute atomic E-state index is 14.5. The predicted octanol–water partition coefficient (Wildman–Crippen LogP) is 4.57. The van der Waals surface area contributed by atoms with Crippen molar-refractivity contribution in [3.8, 4) is 11.5 Å². The van der Waals surface area contributed by atoms with Crippen LogP contribution in [-0.2, 0) is 27.3 Å². The zero-order chi connectivity index (χ0) is 34.6. The van der Waals surface area contributed by atoms with Crippen molar-refractivity contribution >= 4 is 18.1 Å². The summed E-state index contributed by atoms with van der Waals surface area (Å²) >= 11 is 0. The molecule has 2 atom stereocenters. The highest BCUT2D eigenvalue weighted by Crippen LogP contribution is 2.28. The first-order valence-electron chi connectivity index (χ1n) is 16.2. The van der Waals surface area contributed by atoms with Gasteiger partial charge in [-0.25, -0.2) is 5.01 Å². The molecule has 2 amide bonds. The topological polar surface area (TPSA) is 106 Å². The number of carbonyl (C=O) groups excluding carboxylic acids is 3. The number of benzene rings is 2. The Labute approximate surface area is 283 Å². The number of ether oxygens (including phenoxy) is 1. The van der Waals surface area contributed by atoms with Crippen LogP contribution < -0.4 is 10.1 Å². The summed E-state index contributed by atoms with van der Waals surface area (Å²) in [5, 5.41) is 17.3. The Morgan fingerprint density at radius 1 is 1.04 bits per heavy atom. The van der Waals surface area contributed by atoms with Crippen molar-refractivity contribution in [2.45, 2.75) is 39.3 Å². The first-order chi connectivity index (χ1) is 23.2. The summed E-state index contributed by atoms with van der Waals surface area (Å²) in [6.45, 7) is 5.05. The molecule has 2 heterocycles. The number of amides is 2. The molecule has 2 unspecified atom stereocenters. The standard InChI is InChI=1S/C38H47N5O5/c1-6-8-10-30(7-2)34-25-40(3)38(47)35(23-28-12-17-32(45)18-13-28)42-27-43(41(4)26-37(42)46)36(21-16-31(34)11-9-22-44)39-24-29-14-19-33(48-5)20-15-29/h7-22,34-35,39,45H,6,23-27H2,1-5H3/b10-8-,11-9-,30-7+,31-16+,36-21-. The molecule has 254 valence electrons. The third-order valence-corrected chi connectivity index (χ3v) is 8.64. The van der Waals surface area contributed by atoms with Crippen LogP contribution in [0.3, 0.4) is 0 Å². The van der Waals surface area contributed by atoms with Gasteiger partial charge in [-0.2, -0.15) is 0 Å². The van der Waals surface area contributed by atoms with Gasteiger partial charge in [0.05, 0.1) is 13.7 Å². The zero-order valence-corrected chi connectivity index (χ0v) is 28.5. The Bertz CT molecular complexity index is 1580. The van der Waals surface area contributed by atoms with E-state index in [4.69, 9.17) is 4.74 Å². The summed E-state index contributed by atoms with van der Waals surface area (Å²) in [6, 6.07) is 13.7. The van der Waals surface area contributed by atoms with Crippen molar-refractivity contribution in [3.63, 3.8) is 0 Å². The average molecular weight is 654 g/mol. The number of nitrogens with one attached hydrogen (secondary N) is 1. The molecule has 4 rings (SSSR count). The lowest BCUT2D eigenvalue weighted by Gasteiger charge is -2.46. The van der Waals surface area contributed by atoms with E-state index in [0.717, 1.165) is 46.6 Å². The third kappa shape index (κ3) is 9.04. The van der Waals surface area contributed by atoms with E-state index in [9.17, 15) is 19.5 Å². The molecule has 48 heavy (non-hydrogen) atoms. The van der Waals surface area contributed by atoms with Crippen molar-refractivity contribution in [1.82, 2.24) is 25.1 Å². The molecule has 0 saturated carbocycles. The van der Waals surface area contributed by atoms with E-state index in [2.05, 4.69) is 24.4 Å². The van der Waals surface area contributed by atoms with Gasteiger partial charge in [-0.15, -0.1) is 0 Å². The number of hydrazine groups is 1. The predicted molar refractivity (Wildman–Crippen MR) is 187 cm³/mol. The van der Waals surface area contributed by atoms with Gasteiger partial charge in [-0.3, -0.25) is 19.4 Å². The van der Waals surface area contributed by atoms with E-state index >= 15 is 0 Å². The number of aromatic hydroxyl groups is 1. The van der Waals surface area contributed by atoms with Gasteiger partial charge in [-0.1, -0.05) is 61.6 Å². The van der Waals surface area contributed by atoms with Crippen LogP contribution in [0, 0.1) is 5.92 Å². The largest absolute Gasteiger partial charge is 0.508 e. The molecule has 0 spiro atoms. The molecule has 10 heteroatoms. The second-order valence-corrected chi connectivity index (χ2v) is 11.9. The monoisotopic (exact) mass is 653 g/mol. The number of aldehydes is 1. The van der Waals surface area contributed by atoms with Crippen molar-refractivity contribution in [2.75, 3.05) is 41.0 Å². The normalized spacial score (nSPS) is 22.2. The fraction of sp³-hybridized carbons (Fsp3) is 0.342. The van der Waals surface area contributed by atoms with Gasteiger partial charge in [0, 0.05) is 39.5 Å². The van der Waals surface area contributed by atoms with Crippen LogP contribution >= 0.6 is 0 Å². The lowest BCUT2D eigenvalue weighted by molar-refractivity contribution is -0.163. The van der Waals surface area contributed by atoms with Crippen molar-refractivity contribution in [3.05, 3.63) is 119 Å². The van der Waals surface area contributed by atoms with Crippen molar-refractivity contribution in [1.29, 1.82) is 0 Å². The van der Waals surface area contributed by atoms with Gasteiger partial charge in [0.25, 0.3) is 0 Å². The SMILES string of the molecule is C/C=C(\C=C/CC)C1CN(C)C(=O)C(Cc2ccc(O)cc2)N2CN(\C(NCc3ccc(OC)cc3)=C/C=C1\C=C/C=O)N(C)CC2=O. The summed E-state index contributed by atoms with van der Waals surface area (Å²) in [6.07, 6.45) is 15.3. The summed E-state index contributed by atoms with van der Waals surface area (Å²) in [5.74, 6) is 0.988. The summed E-state index contributed by atoms with van der Waals surface area (Å²) in [4.78, 5) is 43.1. The first-order valence-corrected chi connectivity index (χ1v) is 16.2. The zero-order valence-electron chi connectivity index (χ0n) is 28.5. The highest BCUT2D eigenvalue weighted by molar-refractivity contribution is 5.89. The van der Waals surface area contributed by atoms with E-state index < -0.39 is 6.04 Å². The van der Waals surface area contributed by atoms with Crippen LogP contribution in [-0.4, -0.2) is 90.0 Å². The third-order valence-electron chi connectivity index (χ3n) is 8.64. The lowest BCUT2D eigenvalue weighted by atomic mass is 9.88. The number of hydrogen-bond acceptors (Lipinski definition) is 8. The number of likely N-dealkylation sites (N-methyl/N-ethyl adjacent to an activating group) is 2. The molecule has 2 aromatic rings. The first kappa shape index (κ1) is 35.8. The second kappa shape index (κ2) is 17.2. The van der Waals surface area contributed by atoms with Crippen molar-refractivity contribution < 1.29 is 24.2 Å². The van der Waals surface area contributed by atoms with Gasteiger partial charge in [-0.05, 0) is 72.0 Å². The minimum Gasteiger partial charge on any atom is -0.508 e. The number of phenolic OH excluding ortho intramolecular Hbond substituents is 1. The van der Waals surface area contributed by atoms with Crippen molar-refractivity contribution in [2.24, 2.45) is 5.92 Å². The molecule has 0 radical (unpaired) electrons. The van der Waals surface area contributed by atoms with Gasteiger partial charge in [0.2, 0.25) is 11.8 Å². The highest BCUT2D eigenvalue weighted by atomic mass is 16.5. The Kier molecular flexibility index (Phi) is 12.8. The number of phenols is 1. The molecule has 2 aromatic carbocycles. The molecule has 2 bridgehead atoms. The minimum absolute atomic E-state index is 0.0689. The van der Waals surface area contributed by atoms with Crippen LogP contribution in [0.25, 0.3) is 0 Å². The minimum atomic E-state index is -0.802. The lowest BCUT2D eigenvalue weighted by Crippen LogP contribution is -2.64. The summed E-state index contributed by atoms with van der Waals surface area (Å²) < 4.78 is 5.33. The fourth-order valence-electron chi connectivity index (χ4n) is 5.90. The quantitative estimate of drug-likeness (QED) is 0.207. The van der Waals surface area contributed by atoms with Crippen LogP contribution in [0.4, 0.5) is 0 Å². The molecule has 10 nitrogen and oxygen atoms in total. The van der Waals surface area contributed by atoms with E-state index in [1.54, 1.807) is 54.3 Å². The number of hydrogen-bond donors (Lipinski definition) is 2. The maximum atomic E-state index is 14.5. The Morgan fingerprint density at radius 3 is 2.40 bits per heavy atom. The highest BCUT2D eigenvalue weighted by Gasteiger charge is 2.39. The average Bonchev–Trinajstić information content (AvgIpc) is 3.09. The summed E-state index contributed by atoms with van der Waals surface area (Å²) in [7, 11) is 5.24. The Balaban J connectivity index is 1.87. The fourth-order valence-corrected chi connectivity index (χ4v) is 5.90. The van der Waals surface area contributed by atoms with Gasteiger partial charge in [0.1, 0.15) is 36.3 Å². The number of rotatable bonds is 11. The Hall–Kier alpha value is -5.09. The van der Waals surface area contributed by atoms with E-state index in [-0.39, 0.29) is 43.1 Å². The molecule has 0 aromatic heterocycles. The molecule has 2 aliphatic rings. The molecular formula is C38H47N5O5. The molecule has 0 aliphatic carbocycles.